The number of aryl methyl sites for hydroxylation is 3. The third-order valence-corrected chi connectivity index (χ3v) is 4.83. The molecule has 1 aliphatic rings. The lowest BCUT2D eigenvalue weighted by Gasteiger charge is -2.21. The van der Waals surface area contributed by atoms with E-state index < -0.39 is 0 Å². The van der Waals surface area contributed by atoms with E-state index in [1.807, 2.05) is 25.7 Å². The molecule has 3 heterocycles. The highest BCUT2D eigenvalue weighted by molar-refractivity contribution is 5.94. The summed E-state index contributed by atoms with van der Waals surface area (Å²) >= 11 is 0. The molecule has 7 nitrogen and oxygen atoms in total. The van der Waals surface area contributed by atoms with Crippen LogP contribution in [0.15, 0.2) is 22.9 Å². The predicted molar refractivity (Wildman–Crippen MR) is 95.5 cm³/mol. The molecule has 1 atom stereocenters. The van der Waals surface area contributed by atoms with Crippen LogP contribution in [0.5, 0.6) is 0 Å². The lowest BCUT2D eigenvalue weighted by Crippen LogP contribution is -2.36. The highest BCUT2D eigenvalue weighted by atomic mass is 16.5. The molecule has 0 aliphatic carbocycles. The normalized spacial score (nSPS) is 17.9. The van der Waals surface area contributed by atoms with Crippen LogP contribution in [0.25, 0.3) is 0 Å². The monoisotopic (exact) mass is 356 g/mol. The average Bonchev–Trinajstić information content (AvgIpc) is 2.82. The highest BCUT2D eigenvalue weighted by Crippen LogP contribution is 2.19. The van der Waals surface area contributed by atoms with E-state index in [2.05, 4.69) is 15.5 Å². The van der Waals surface area contributed by atoms with Gasteiger partial charge in [0.1, 0.15) is 5.76 Å². The molecule has 1 N–H and O–H groups in total. The van der Waals surface area contributed by atoms with E-state index >= 15 is 0 Å². The molecule has 0 spiro atoms. The van der Waals surface area contributed by atoms with E-state index in [-0.39, 0.29) is 17.9 Å². The Morgan fingerprint density at radius 3 is 2.85 bits per heavy atom. The summed E-state index contributed by atoms with van der Waals surface area (Å²) in [5.74, 6) is 0.728. The molecule has 7 heteroatoms. The highest BCUT2D eigenvalue weighted by Gasteiger charge is 2.25. The Bertz CT molecular complexity index is 795. The molecule has 2 aromatic heterocycles. The third kappa shape index (κ3) is 4.09. The number of hydrogen-bond donors (Lipinski definition) is 1. The van der Waals surface area contributed by atoms with Crippen molar-refractivity contribution in [2.24, 2.45) is 0 Å². The van der Waals surface area contributed by atoms with Gasteiger partial charge in [0.2, 0.25) is 5.91 Å². The Morgan fingerprint density at radius 2 is 2.15 bits per heavy atom. The second kappa shape index (κ2) is 7.68. The van der Waals surface area contributed by atoms with Crippen LogP contribution < -0.4 is 5.32 Å². The van der Waals surface area contributed by atoms with E-state index in [9.17, 15) is 9.59 Å². The molecule has 1 fully saturated rings. The number of likely N-dealkylation sites (tertiary alicyclic amines) is 1. The molecule has 0 radical (unpaired) electrons. The zero-order valence-corrected chi connectivity index (χ0v) is 15.4. The van der Waals surface area contributed by atoms with Gasteiger partial charge in [-0.1, -0.05) is 5.16 Å². The summed E-state index contributed by atoms with van der Waals surface area (Å²) in [6.45, 7) is 6.70. The summed E-state index contributed by atoms with van der Waals surface area (Å²) in [5.41, 5.74) is 3.19. The summed E-state index contributed by atoms with van der Waals surface area (Å²) < 4.78 is 5.19. The average molecular weight is 356 g/mol. The zero-order valence-electron chi connectivity index (χ0n) is 15.4. The van der Waals surface area contributed by atoms with Gasteiger partial charge in [-0.25, -0.2) is 0 Å². The van der Waals surface area contributed by atoms with Crippen molar-refractivity contribution in [3.63, 3.8) is 0 Å². The van der Waals surface area contributed by atoms with Crippen molar-refractivity contribution in [2.45, 2.75) is 52.6 Å². The fraction of sp³-hybridized carbons (Fsp3) is 0.474. The number of carbonyl (C=O) groups excluding carboxylic acids is 2. The second-order valence-corrected chi connectivity index (χ2v) is 6.80. The maximum Gasteiger partial charge on any atom is 0.251 e. The number of hydrogen-bond acceptors (Lipinski definition) is 5. The lowest BCUT2D eigenvalue weighted by atomic mass is 10.1. The Kier molecular flexibility index (Phi) is 5.35. The standard InChI is InChI=1S/C19H24N4O3/c1-12-10-15(6-8-20-12)19(25)21-16-4-5-18(24)23(9-7-16)11-17-13(2)22-26-14(17)3/h6,8,10,16H,4-5,7,9,11H2,1-3H3,(H,21,25). The van der Waals surface area contributed by atoms with Crippen molar-refractivity contribution in [3.05, 3.63) is 46.6 Å². The first kappa shape index (κ1) is 18.1. The molecule has 1 unspecified atom stereocenters. The number of rotatable bonds is 4. The number of pyridine rings is 1. The van der Waals surface area contributed by atoms with Crippen LogP contribution >= 0.6 is 0 Å². The van der Waals surface area contributed by atoms with Crippen molar-refractivity contribution in [1.82, 2.24) is 20.4 Å². The van der Waals surface area contributed by atoms with E-state index in [4.69, 9.17) is 4.52 Å². The molecule has 2 amide bonds. The van der Waals surface area contributed by atoms with Gasteiger partial charge in [0, 0.05) is 42.0 Å². The summed E-state index contributed by atoms with van der Waals surface area (Å²) in [5, 5.41) is 7.00. The number of aromatic nitrogens is 2. The Morgan fingerprint density at radius 1 is 1.35 bits per heavy atom. The Labute approximate surface area is 152 Å². The second-order valence-electron chi connectivity index (χ2n) is 6.80. The minimum atomic E-state index is -0.118. The lowest BCUT2D eigenvalue weighted by molar-refractivity contribution is -0.131. The van der Waals surface area contributed by atoms with Crippen LogP contribution in [0, 0.1) is 20.8 Å². The number of nitrogens with one attached hydrogen (secondary N) is 1. The molecule has 0 bridgehead atoms. The first-order chi connectivity index (χ1) is 12.4. The summed E-state index contributed by atoms with van der Waals surface area (Å²) in [7, 11) is 0. The van der Waals surface area contributed by atoms with Crippen LogP contribution in [0.4, 0.5) is 0 Å². The first-order valence-electron chi connectivity index (χ1n) is 8.87. The molecule has 26 heavy (non-hydrogen) atoms. The van der Waals surface area contributed by atoms with Crippen molar-refractivity contribution in [2.75, 3.05) is 6.54 Å². The van der Waals surface area contributed by atoms with Crippen LogP contribution in [-0.2, 0) is 11.3 Å². The fourth-order valence-corrected chi connectivity index (χ4v) is 3.22. The zero-order chi connectivity index (χ0) is 18.7. The van der Waals surface area contributed by atoms with Crippen LogP contribution in [0.3, 0.4) is 0 Å². The van der Waals surface area contributed by atoms with Crippen molar-refractivity contribution in [1.29, 1.82) is 0 Å². The van der Waals surface area contributed by atoms with Gasteiger partial charge in [-0.3, -0.25) is 14.6 Å². The number of carbonyl (C=O) groups is 2. The van der Waals surface area contributed by atoms with Crippen LogP contribution in [-0.4, -0.2) is 39.4 Å². The van der Waals surface area contributed by atoms with Gasteiger partial charge < -0.3 is 14.7 Å². The van der Waals surface area contributed by atoms with E-state index in [0.29, 0.717) is 31.5 Å². The van der Waals surface area contributed by atoms with E-state index in [0.717, 1.165) is 29.1 Å². The molecule has 0 saturated carbocycles. The summed E-state index contributed by atoms with van der Waals surface area (Å²) in [6, 6.07) is 3.45. The van der Waals surface area contributed by atoms with Crippen molar-refractivity contribution < 1.29 is 14.1 Å². The molecular weight excluding hydrogens is 332 g/mol. The molecule has 0 aromatic carbocycles. The topological polar surface area (TPSA) is 88.3 Å². The number of amides is 2. The predicted octanol–water partition coefficient (Wildman–Crippen LogP) is 2.31. The summed E-state index contributed by atoms with van der Waals surface area (Å²) in [4.78, 5) is 30.8. The minimum absolute atomic E-state index is 0.0189. The van der Waals surface area contributed by atoms with Gasteiger partial charge in [-0.05, 0) is 45.7 Å². The maximum absolute atomic E-state index is 12.5. The van der Waals surface area contributed by atoms with Crippen molar-refractivity contribution >= 4 is 11.8 Å². The third-order valence-electron chi connectivity index (χ3n) is 4.83. The molecular formula is C19H24N4O3. The van der Waals surface area contributed by atoms with Crippen LogP contribution in [0.1, 0.15) is 52.3 Å². The molecule has 1 aliphatic heterocycles. The van der Waals surface area contributed by atoms with E-state index in [1.165, 1.54) is 0 Å². The van der Waals surface area contributed by atoms with Crippen LogP contribution in [0.2, 0.25) is 0 Å². The summed E-state index contributed by atoms with van der Waals surface area (Å²) in [6.07, 6.45) is 3.42. The van der Waals surface area contributed by atoms with Gasteiger partial charge in [0.25, 0.3) is 5.91 Å². The minimum Gasteiger partial charge on any atom is -0.361 e. The van der Waals surface area contributed by atoms with Gasteiger partial charge in [-0.2, -0.15) is 0 Å². The Balaban J connectivity index is 1.62. The van der Waals surface area contributed by atoms with Crippen molar-refractivity contribution in [3.8, 4) is 0 Å². The smallest absolute Gasteiger partial charge is 0.251 e. The molecule has 1 saturated heterocycles. The first-order valence-corrected chi connectivity index (χ1v) is 8.87. The van der Waals surface area contributed by atoms with Gasteiger partial charge >= 0.3 is 0 Å². The Hall–Kier alpha value is -2.70. The van der Waals surface area contributed by atoms with Gasteiger partial charge in [-0.15, -0.1) is 0 Å². The number of nitrogens with zero attached hydrogens (tertiary/aromatic N) is 3. The van der Waals surface area contributed by atoms with E-state index in [1.54, 1.807) is 18.3 Å². The fourth-order valence-electron chi connectivity index (χ4n) is 3.22. The SMILES string of the molecule is Cc1cc(C(=O)NC2CCC(=O)N(Cc3c(C)noc3C)CC2)ccn1. The molecule has 3 rings (SSSR count). The molecule has 2 aromatic rings. The molecule has 138 valence electrons. The largest absolute Gasteiger partial charge is 0.361 e. The maximum atomic E-state index is 12.5. The van der Waals surface area contributed by atoms with Gasteiger partial charge in [0.05, 0.1) is 12.2 Å². The quantitative estimate of drug-likeness (QED) is 0.908. The van der Waals surface area contributed by atoms with Gasteiger partial charge in [0.15, 0.2) is 0 Å².